The molecular formula is C10H21FN2. The molecule has 78 valence electrons. The number of hydrogen-bond donors (Lipinski definition) is 1. The highest BCUT2D eigenvalue weighted by Gasteiger charge is 2.32. The summed E-state index contributed by atoms with van der Waals surface area (Å²) in [5.41, 5.74) is 4.32. The Hall–Kier alpha value is -0.150. The van der Waals surface area contributed by atoms with Crippen LogP contribution < -0.4 is 5.73 Å². The van der Waals surface area contributed by atoms with E-state index in [1.807, 2.05) is 0 Å². The highest BCUT2D eigenvalue weighted by Crippen LogP contribution is 2.25. The Morgan fingerprint density at radius 1 is 1.38 bits per heavy atom. The predicted molar refractivity (Wildman–Crippen MR) is 53.5 cm³/mol. The molecule has 0 aromatic heterocycles. The molecule has 1 fully saturated rings. The summed E-state index contributed by atoms with van der Waals surface area (Å²) in [6.45, 7) is 5.26. The molecule has 0 saturated carbocycles. The molecule has 2 nitrogen and oxygen atoms in total. The summed E-state index contributed by atoms with van der Waals surface area (Å²) in [5, 5.41) is 0. The number of likely N-dealkylation sites (tertiary alicyclic amines) is 1. The van der Waals surface area contributed by atoms with Crippen molar-refractivity contribution in [1.29, 1.82) is 0 Å². The molecule has 0 radical (unpaired) electrons. The third-order valence-corrected chi connectivity index (χ3v) is 2.95. The lowest BCUT2D eigenvalue weighted by Crippen LogP contribution is -2.46. The van der Waals surface area contributed by atoms with Gasteiger partial charge in [-0.2, -0.15) is 0 Å². The molecule has 13 heavy (non-hydrogen) atoms. The van der Waals surface area contributed by atoms with Crippen LogP contribution in [0.15, 0.2) is 0 Å². The summed E-state index contributed by atoms with van der Waals surface area (Å²) in [5.74, 6) is 0. The third-order valence-electron chi connectivity index (χ3n) is 2.95. The van der Waals surface area contributed by atoms with E-state index < -0.39 is 5.67 Å². The van der Waals surface area contributed by atoms with Crippen molar-refractivity contribution in [2.24, 2.45) is 5.73 Å². The second-order valence-corrected chi connectivity index (χ2v) is 4.05. The summed E-state index contributed by atoms with van der Waals surface area (Å²) in [6.07, 6.45) is 3.68. The average molecular weight is 188 g/mol. The van der Waals surface area contributed by atoms with Gasteiger partial charge in [-0.05, 0) is 25.8 Å². The molecular weight excluding hydrogens is 167 g/mol. The molecule has 1 saturated heterocycles. The zero-order valence-corrected chi connectivity index (χ0v) is 8.56. The van der Waals surface area contributed by atoms with E-state index >= 15 is 0 Å². The van der Waals surface area contributed by atoms with Crippen molar-refractivity contribution in [1.82, 2.24) is 4.90 Å². The zero-order valence-electron chi connectivity index (χ0n) is 8.56. The fourth-order valence-corrected chi connectivity index (χ4v) is 1.76. The molecule has 2 N–H and O–H groups in total. The molecule has 0 aliphatic carbocycles. The van der Waals surface area contributed by atoms with Gasteiger partial charge < -0.3 is 10.6 Å². The predicted octanol–water partition coefficient (Wildman–Crippen LogP) is 1.55. The van der Waals surface area contributed by atoms with Gasteiger partial charge in [0, 0.05) is 19.6 Å². The molecule has 1 heterocycles. The normalized spacial score (nSPS) is 23.3. The van der Waals surface area contributed by atoms with Crippen LogP contribution in [0.5, 0.6) is 0 Å². The van der Waals surface area contributed by atoms with Gasteiger partial charge in [-0.15, -0.1) is 0 Å². The first kappa shape index (κ1) is 10.9. The van der Waals surface area contributed by atoms with Gasteiger partial charge in [0.25, 0.3) is 0 Å². The van der Waals surface area contributed by atoms with Crippen LogP contribution in [-0.4, -0.2) is 36.7 Å². The van der Waals surface area contributed by atoms with E-state index in [-0.39, 0.29) is 6.54 Å². The van der Waals surface area contributed by atoms with Gasteiger partial charge in [0.1, 0.15) is 5.67 Å². The Labute approximate surface area is 80.3 Å². The molecule has 1 aliphatic heterocycles. The standard InChI is InChI=1S/C10H21FN2/c1-2-3-6-13-7-4-10(11,9-12)5-8-13/h2-9,12H2,1H3. The molecule has 0 aromatic rings. The molecule has 3 heteroatoms. The third kappa shape index (κ3) is 3.24. The fourth-order valence-electron chi connectivity index (χ4n) is 1.76. The smallest absolute Gasteiger partial charge is 0.125 e. The second kappa shape index (κ2) is 4.91. The van der Waals surface area contributed by atoms with Crippen molar-refractivity contribution >= 4 is 0 Å². The Kier molecular flexibility index (Phi) is 4.13. The lowest BCUT2D eigenvalue weighted by atomic mass is 9.93. The van der Waals surface area contributed by atoms with Gasteiger partial charge in [-0.1, -0.05) is 13.3 Å². The minimum Gasteiger partial charge on any atom is -0.328 e. The van der Waals surface area contributed by atoms with E-state index in [4.69, 9.17) is 5.73 Å². The largest absolute Gasteiger partial charge is 0.328 e. The molecule has 0 atom stereocenters. The van der Waals surface area contributed by atoms with E-state index in [1.54, 1.807) is 0 Å². The first-order chi connectivity index (χ1) is 6.20. The molecule has 0 unspecified atom stereocenters. The molecule has 0 bridgehead atoms. The van der Waals surface area contributed by atoms with Crippen LogP contribution in [0.1, 0.15) is 32.6 Å². The van der Waals surface area contributed by atoms with Gasteiger partial charge in [-0.3, -0.25) is 0 Å². The Morgan fingerprint density at radius 2 is 2.00 bits per heavy atom. The quantitative estimate of drug-likeness (QED) is 0.725. The first-order valence-corrected chi connectivity index (χ1v) is 5.31. The van der Waals surface area contributed by atoms with E-state index in [2.05, 4.69) is 11.8 Å². The van der Waals surface area contributed by atoms with Crippen LogP contribution in [0.2, 0.25) is 0 Å². The number of rotatable bonds is 4. The number of hydrogen-bond acceptors (Lipinski definition) is 2. The summed E-state index contributed by atoms with van der Waals surface area (Å²) in [4.78, 5) is 2.34. The maximum atomic E-state index is 13.6. The van der Waals surface area contributed by atoms with E-state index in [0.717, 1.165) is 19.6 Å². The summed E-state index contributed by atoms with van der Waals surface area (Å²) in [6, 6.07) is 0. The minimum absolute atomic E-state index is 0.189. The lowest BCUT2D eigenvalue weighted by molar-refractivity contribution is 0.0650. The average Bonchev–Trinajstić information content (AvgIpc) is 2.17. The second-order valence-electron chi connectivity index (χ2n) is 4.05. The van der Waals surface area contributed by atoms with Crippen LogP contribution in [0, 0.1) is 0 Å². The molecule has 1 rings (SSSR count). The lowest BCUT2D eigenvalue weighted by Gasteiger charge is -2.35. The molecule has 0 aromatic carbocycles. The monoisotopic (exact) mass is 188 g/mol. The van der Waals surface area contributed by atoms with Crippen molar-refractivity contribution in [3.05, 3.63) is 0 Å². The molecule has 1 aliphatic rings. The van der Waals surface area contributed by atoms with Crippen molar-refractivity contribution in [3.63, 3.8) is 0 Å². The van der Waals surface area contributed by atoms with Crippen LogP contribution in [0.4, 0.5) is 4.39 Å². The first-order valence-electron chi connectivity index (χ1n) is 5.31. The number of nitrogens with zero attached hydrogens (tertiary/aromatic N) is 1. The van der Waals surface area contributed by atoms with Gasteiger partial charge >= 0.3 is 0 Å². The SMILES string of the molecule is CCCCN1CCC(F)(CN)CC1. The highest BCUT2D eigenvalue weighted by molar-refractivity contribution is 4.86. The van der Waals surface area contributed by atoms with Gasteiger partial charge in [0.15, 0.2) is 0 Å². The molecule has 0 amide bonds. The summed E-state index contributed by atoms with van der Waals surface area (Å²) in [7, 11) is 0. The van der Waals surface area contributed by atoms with Gasteiger partial charge in [0.05, 0.1) is 0 Å². The molecule has 0 spiro atoms. The highest BCUT2D eigenvalue weighted by atomic mass is 19.1. The number of nitrogens with two attached hydrogens (primary N) is 1. The van der Waals surface area contributed by atoms with E-state index in [0.29, 0.717) is 12.8 Å². The van der Waals surface area contributed by atoms with Crippen molar-refractivity contribution in [2.75, 3.05) is 26.2 Å². The number of halogens is 1. The topological polar surface area (TPSA) is 29.3 Å². The van der Waals surface area contributed by atoms with Gasteiger partial charge in [0.2, 0.25) is 0 Å². The zero-order chi connectivity index (χ0) is 9.73. The summed E-state index contributed by atoms with van der Waals surface area (Å²) >= 11 is 0. The van der Waals surface area contributed by atoms with E-state index in [9.17, 15) is 4.39 Å². The van der Waals surface area contributed by atoms with Crippen molar-refractivity contribution in [2.45, 2.75) is 38.3 Å². The summed E-state index contributed by atoms with van der Waals surface area (Å²) < 4.78 is 13.6. The van der Waals surface area contributed by atoms with Crippen molar-refractivity contribution < 1.29 is 4.39 Å². The van der Waals surface area contributed by atoms with Crippen LogP contribution in [-0.2, 0) is 0 Å². The maximum Gasteiger partial charge on any atom is 0.125 e. The van der Waals surface area contributed by atoms with Crippen molar-refractivity contribution in [3.8, 4) is 0 Å². The van der Waals surface area contributed by atoms with Gasteiger partial charge in [-0.25, -0.2) is 4.39 Å². The van der Waals surface area contributed by atoms with Crippen LogP contribution >= 0.6 is 0 Å². The number of piperidine rings is 1. The van der Waals surface area contributed by atoms with E-state index in [1.165, 1.54) is 12.8 Å². The Balaban J connectivity index is 2.22. The number of alkyl halides is 1. The number of unbranched alkanes of at least 4 members (excludes halogenated alkanes) is 1. The van der Waals surface area contributed by atoms with Crippen LogP contribution in [0.25, 0.3) is 0 Å². The Morgan fingerprint density at radius 3 is 2.46 bits per heavy atom. The fraction of sp³-hybridized carbons (Fsp3) is 1.00. The Bertz CT molecular complexity index is 142. The minimum atomic E-state index is -1.07. The maximum absolute atomic E-state index is 13.6. The van der Waals surface area contributed by atoms with Crippen LogP contribution in [0.3, 0.4) is 0 Å².